The molecule has 0 spiro atoms. The molecule has 10 nitrogen and oxygen atoms in total. The number of hydrogen-bond donors (Lipinski definition) is 0. The van der Waals surface area contributed by atoms with Gasteiger partial charge in [-0.15, -0.1) is 0 Å². The highest BCUT2D eigenvalue weighted by atomic mass is 31.2. The molecule has 0 aliphatic carbocycles. The molecule has 0 bridgehead atoms. The molecule has 4 atom stereocenters. The molecule has 0 N–H and O–H groups in total. The molecular weight excluding hydrogens is 814 g/mol. The van der Waals surface area contributed by atoms with Gasteiger partial charge >= 0.3 is 11.9 Å². The van der Waals surface area contributed by atoms with E-state index in [4.69, 9.17) is 23.3 Å². The van der Waals surface area contributed by atoms with E-state index in [2.05, 4.69) is 44.2 Å². The van der Waals surface area contributed by atoms with Gasteiger partial charge in [0.1, 0.15) is 19.8 Å². The van der Waals surface area contributed by atoms with E-state index in [1.165, 1.54) is 135 Å². The van der Waals surface area contributed by atoms with E-state index in [0.717, 1.165) is 44.9 Å². The fraction of sp³-hybridized carbons (Fsp3) is 0.846. The monoisotopic (exact) mass is 910 g/mol. The number of rotatable bonds is 46. The van der Waals surface area contributed by atoms with Crippen LogP contribution in [0, 0.1) is 0 Å². The molecule has 0 amide bonds. The van der Waals surface area contributed by atoms with Gasteiger partial charge in [-0.2, -0.15) is 0 Å². The molecule has 63 heavy (non-hydrogen) atoms. The summed E-state index contributed by atoms with van der Waals surface area (Å²) in [4.78, 5) is 37.7. The molecule has 1 saturated heterocycles. The number of allylic oxidation sites excluding steroid dienone is 4. The number of phosphoric acid groups is 1. The van der Waals surface area contributed by atoms with Crippen LogP contribution in [0.4, 0.5) is 0 Å². The largest absolute Gasteiger partial charge is 0.756 e. The molecule has 0 radical (unpaired) electrons. The average Bonchev–Trinajstić information content (AvgIpc) is 4.00. The van der Waals surface area contributed by atoms with Crippen molar-refractivity contribution in [1.82, 2.24) is 0 Å². The van der Waals surface area contributed by atoms with Crippen LogP contribution in [0.2, 0.25) is 0 Å². The van der Waals surface area contributed by atoms with Crippen molar-refractivity contribution in [3.8, 4) is 0 Å². The number of hydrogen-bond acceptors (Lipinski definition) is 9. The first kappa shape index (κ1) is 59.2. The van der Waals surface area contributed by atoms with E-state index in [0.29, 0.717) is 36.1 Å². The molecule has 0 aromatic carbocycles. The Labute approximate surface area is 386 Å². The van der Waals surface area contributed by atoms with E-state index >= 15 is 0 Å². The van der Waals surface area contributed by atoms with E-state index in [9.17, 15) is 19.0 Å². The lowest BCUT2D eigenvalue weighted by Crippen LogP contribution is -2.37. The summed E-state index contributed by atoms with van der Waals surface area (Å²) in [7, 11) is 1.13. The maximum Gasteiger partial charge on any atom is 0.306 e. The normalized spacial score (nSPS) is 16.9. The summed E-state index contributed by atoms with van der Waals surface area (Å²) in [5.74, 6) is -0.897. The fourth-order valence-electron chi connectivity index (χ4n) is 7.40. The Morgan fingerprint density at radius 2 is 1.02 bits per heavy atom. The standard InChI is InChI=1S/C52H96NO9P/c1-6-8-10-12-14-15-16-17-18-19-20-21-22-23-24-25-26-27-30-34-38-42-51(54)58-46-48(47-60-63(56,57)59-45-44-53(3,4)5)61-52(55)43-39-35-31-28-29-33-37-41-50-49(62-50)40-36-32-13-11-9-7-2/h28,31-33,36-37,48-50H,6-27,29-30,34-35,38-47H2,1-5H3/b31-28-,36-32-,37-33-/t48-,49?,50?/m1/s1. The fourth-order valence-corrected chi connectivity index (χ4v) is 8.12. The SMILES string of the molecule is CCCCC/C=C\CC1OC1C/C=C\C/C=C\CCCC(=O)O[C@H](COC(=O)CCCCCCCCCCCCCCCCCCCCCCC)COP(=O)([O-])OCC[N+](C)(C)C. The minimum Gasteiger partial charge on any atom is -0.756 e. The second kappa shape index (κ2) is 40.5. The van der Waals surface area contributed by atoms with Crippen LogP contribution in [0.5, 0.6) is 0 Å². The average molecular weight is 910 g/mol. The number of epoxide rings is 1. The van der Waals surface area contributed by atoms with Gasteiger partial charge in [-0.3, -0.25) is 14.2 Å². The molecule has 3 unspecified atom stereocenters. The highest BCUT2D eigenvalue weighted by molar-refractivity contribution is 7.45. The Bertz CT molecular complexity index is 1230. The highest BCUT2D eigenvalue weighted by Gasteiger charge is 2.36. The predicted molar refractivity (Wildman–Crippen MR) is 258 cm³/mol. The molecule has 1 fully saturated rings. The van der Waals surface area contributed by atoms with E-state index in [1.54, 1.807) is 0 Å². The number of esters is 2. The number of carbonyl (C=O) groups is 2. The number of nitrogens with zero attached hydrogens (tertiary/aromatic N) is 1. The van der Waals surface area contributed by atoms with Gasteiger partial charge in [0.25, 0.3) is 7.82 Å². The van der Waals surface area contributed by atoms with Crippen LogP contribution in [-0.4, -0.2) is 82.2 Å². The third kappa shape index (κ3) is 41.4. The molecule has 368 valence electrons. The van der Waals surface area contributed by atoms with Gasteiger partial charge in [-0.1, -0.05) is 192 Å². The van der Waals surface area contributed by atoms with Crippen LogP contribution in [0.1, 0.15) is 219 Å². The van der Waals surface area contributed by atoms with Gasteiger partial charge in [0.2, 0.25) is 0 Å². The molecular formula is C52H96NO9P. The van der Waals surface area contributed by atoms with Crippen LogP contribution in [0.25, 0.3) is 0 Å². The summed E-state index contributed by atoms with van der Waals surface area (Å²) >= 11 is 0. The lowest BCUT2D eigenvalue weighted by molar-refractivity contribution is -0.870. The van der Waals surface area contributed by atoms with Gasteiger partial charge in [0.05, 0.1) is 40.0 Å². The Morgan fingerprint density at radius 3 is 1.56 bits per heavy atom. The zero-order valence-corrected chi connectivity index (χ0v) is 42.1. The van der Waals surface area contributed by atoms with Crippen LogP contribution in [-0.2, 0) is 37.4 Å². The first-order valence-corrected chi connectivity index (χ1v) is 27.3. The van der Waals surface area contributed by atoms with Crippen molar-refractivity contribution in [3.63, 3.8) is 0 Å². The summed E-state index contributed by atoms with van der Waals surface area (Å²) in [5, 5.41) is 0. The molecule has 11 heteroatoms. The van der Waals surface area contributed by atoms with Crippen LogP contribution in [0.3, 0.4) is 0 Å². The number of phosphoric ester groups is 1. The zero-order chi connectivity index (χ0) is 46.1. The molecule has 0 aromatic heterocycles. The van der Waals surface area contributed by atoms with Crippen molar-refractivity contribution in [2.75, 3.05) is 47.5 Å². The third-order valence-corrected chi connectivity index (χ3v) is 12.5. The first-order chi connectivity index (χ1) is 30.5. The van der Waals surface area contributed by atoms with Gasteiger partial charge < -0.3 is 32.6 Å². The Kier molecular flexibility index (Phi) is 38.0. The molecule has 1 aliphatic heterocycles. The molecule has 1 rings (SSSR count). The lowest BCUT2D eigenvalue weighted by Gasteiger charge is -2.28. The Balaban J connectivity index is 2.23. The topological polar surface area (TPSA) is 124 Å². The number of carbonyl (C=O) groups excluding carboxylic acids is 2. The van der Waals surface area contributed by atoms with Crippen molar-refractivity contribution in [3.05, 3.63) is 36.5 Å². The van der Waals surface area contributed by atoms with E-state index in [-0.39, 0.29) is 26.1 Å². The Hall–Kier alpha value is -1.81. The second-order valence-electron chi connectivity index (χ2n) is 18.9. The molecule has 0 aromatic rings. The summed E-state index contributed by atoms with van der Waals surface area (Å²) in [6.07, 6.45) is 49.3. The van der Waals surface area contributed by atoms with E-state index in [1.807, 2.05) is 27.2 Å². The smallest absolute Gasteiger partial charge is 0.306 e. The van der Waals surface area contributed by atoms with Gasteiger partial charge in [0.15, 0.2) is 6.10 Å². The summed E-state index contributed by atoms with van der Waals surface area (Å²) in [6.45, 7) is 4.15. The predicted octanol–water partition coefficient (Wildman–Crippen LogP) is 13.6. The van der Waals surface area contributed by atoms with Crippen LogP contribution < -0.4 is 4.89 Å². The zero-order valence-electron chi connectivity index (χ0n) is 41.2. The number of quaternary nitrogens is 1. The third-order valence-electron chi connectivity index (χ3n) is 11.6. The maximum atomic E-state index is 12.7. The van der Waals surface area contributed by atoms with Gasteiger partial charge in [-0.05, 0) is 51.4 Å². The van der Waals surface area contributed by atoms with Gasteiger partial charge in [0, 0.05) is 12.8 Å². The van der Waals surface area contributed by atoms with Crippen molar-refractivity contribution < 1.29 is 46.8 Å². The maximum absolute atomic E-state index is 12.7. The van der Waals surface area contributed by atoms with Crippen molar-refractivity contribution >= 4 is 19.8 Å². The lowest BCUT2D eigenvalue weighted by atomic mass is 10.0. The number of likely N-dealkylation sites (N-methyl/N-ethyl adjacent to an activating group) is 1. The van der Waals surface area contributed by atoms with Crippen LogP contribution >= 0.6 is 7.82 Å². The summed E-state index contributed by atoms with van der Waals surface area (Å²) in [6, 6.07) is 0. The van der Waals surface area contributed by atoms with Gasteiger partial charge in [-0.25, -0.2) is 0 Å². The van der Waals surface area contributed by atoms with Crippen LogP contribution in [0.15, 0.2) is 36.5 Å². The molecule has 1 aliphatic rings. The number of ether oxygens (including phenoxy) is 3. The second-order valence-corrected chi connectivity index (χ2v) is 20.3. The van der Waals surface area contributed by atoms with E-state index < -0.39 is 32.5 Å². The minimum atomic E-state index is -4.65. The van der Waals surface area contributed by atoms with Crippen molar-refractivity contribution in [2.24, 2.45) is 0 Å². The molecule has 1 heterocycles. The van der Waals surface area contributed by atoms with Crippen molar-refractivity contribution in [1.29, 1.82) is 0 Å². The quantitative estimate of drug-likeness (QED) is 0.0147. The molecule has 0 saturated carbocycles. The number of unbranched alkanes of at least 4 members (excludes halogenated alkanes) is 24. The highest BCUT2D eigenvalue weighted by Crippen LogP contribution is 2.38. The summed E-state index contributed by atoms with van der Waals surface area (Å²) in [5.41, 5.74) is 0. The minimum absolute atomic E-state index is 0.0426. The first-order valence-electron chi connectivity index (χ1n) is 25.8. The summed E-state index contributed by atoms with van der Waals surface area (Å²) < 4.78 is 39.8. The Morgan fingerprint density at radius 1 is 0.571 bits per heavy atom. The van der Waals surface area contributed by atoms with Crippen molar-refractivity contribution in [2.45, 2.75) is 238 Å².